The molecule has 0 fully saturated rings. The fraction of sp³-hybridized carbons (Fsp3) is 0.176. The first kappa shape index (κ1) is 13.4. The molecular formula is C17H14BN3. The highest BCUT2D eigenvalue weighted by Crippen LogP contribution is 2.27. The quantitative estimate of drug-likeness (QED) is 0.728. The summed E-state index contributed by atoms with van der Waals surface area (Å²) in [6.45, 7) is 3.80. The maximum atomic E-state index is 9.26. The minimum absolute atomic E-state index is 0.534. The molecule has 0 atom stereocenters. The molecule has 0 saturated heterocycles. The van der Waals surface area contributed by atoms with Crippen molar-refractivity contribution in [2.45, 2.75) is 19.3 Å². The van der Waals surface area contributed by atoms with Crippen molar-refractivity contribution in [1.29, 1.82) is 5.26 Å². The second-order valence-corrected chi connectivity index (χ2v) is 5.70. The summed E-state index contributed by atoms with van der Waals surface area (Å²) in [6.07, 6.45) is 1.74. The zero-order valence-electron chi connectivity index (χ0n) is 12.0. The Morgan fingerprint density at radius 3 is 2.76 bits per heavy atom. The molecule has 2 radical (unpaired) electrons. The van der Waals surface area contributed by atoms with Crippen LogP contribution in [0.2, 0.25) is 0 Å². The Bertz CT molecular complexity index is 856. The third-order valence-electron chi connectivity index (χ3n) is 3.68. The smallest absolute Gasteiger partial charge is 0.113 e. The second kappa shape index (κ2) is 4.78. The zero-order chi connectivity index (χ0) is 15.0. The Hall–Kier alpha value is -2.54. The number of hydrogen-bond donors (Lipinski definition) is 1. The average molecular weight is 271 g/mol. The molecule has 0 saturated carbocycles. The molecule has 0 aliphatic rings. The minimum atomic E-state index is -0.534. The molecule has 1 aromatic carbocycles. The van der Waals surface area contributed by atoms with E-state index in [4.69, 9.17) is 7.85 Å². The number of nitrogens with zero attached hydrogens (tertiary/aromatic N) is 2. The van der Waals surface area contributed by atoms with E-state index in [1.54, 1.807) is 6.20 Å². The van der Waals surface area contributed by atoms with E-state index in [2.05, 4.69) is 16.0 Å². The van der Waals surface area contributed by atoms with Gasteiger partial charge in [-0.05, 0) is 49.1 Å². The molecule has 2 heterocycles. The summed E-state index contributed by atoms with van der Waals surface area (Å²) >= 11 is 0. The van der Waals surface area contributed by atoms with Crippen molar-refractivity contribution in [3.05, 3.63) is 48.2 Å². The molecule has 0 aliphatic carbocycles. The number of fused-ring (bicyclic) bond motifs is 1. The van der Waals surface area contributed by atoms with Crippen LogP contribution in [0.25, 0.3) is 22.3 Å². The molecular weight excluding hydrogens is 257 g/mol. The number of aromatic amines is 1. The first-order valence-electron chi connectivity index (χ1n) is 6.76. The van der Waals surface area contributed by atoms with E-state index in [-0.39, 0.29) is 0 Å². The molecule has 4 heteroatoms. The number of nitrogens with one attached hydrogen (secondary N) is 1. The lowest BCUT2D eigenvalue weighted by molar-refractivity contribution is 0.686. The zero-order valence-corrected chi connectivity index (χ0v) is 12.0. The van der Waals surface area contributed by atoms with Gasteiger partial charge in [-0.3, -0.25) is 4.98 Å². The Morgan fingerprint density at radius 2 is 2.00 bits per heavy atom. The molecule has 2 aromatic heterocycles. The van der Waals surface area contributed by atoms with Crippen LogP contribution in [-0.2, 0) is 5.41 Å². The second-order valence-electron chi connectivity index (χ2n) is 5.70. The summed E-state index contributed by atoms with van der Waals surface area (Å²) in [6, 6.07) is 13.9. The SMILES string of the molecule is [B]c1ccc2[nH]c(-c3cc(C(C)(C)C#N)ccn3)cc2c1. The van der Waals surface area contributed by atoms with Crippen LogP contribution in [0, 0.1) is 11.3 Å². The van der Waals surface area contributed by atoms with Crippen molar-refractivity contribution in [2.24, 2.45) is 0 Å². The van der Waals surface area contributed by atoms with Gasteiger partial charge in [-0.25, -0.2) is 0 Å². The summed E-state index contributed by atoms with van der Waals surface area (Å²) in [4.78, 5) is 7.74. The molecule has 100 valence electrons. The normalized spacial score (nSPS) is 11.5. The predicted octanol–water partition coefficient (Wildman–Crippen LogP) is 2.82. The summed E-state index contributed by atoms with van der Waals surface area (Å²) < 4.78 is 0. The monoisotopic (exact) mass is 271 g/mol. The molecule has 21 heavy (non-hydrogen) atoms. The standard InChI is InChI=1S/C17H14BN3/c1-17(2,10-19)12-5-6-20-15(9-12)16-8-11-7-13(18)3-4-14(11)21-16/h3-9,21H,1-2H3. The van der Waals surface area contributed by atoms with Crippen LogP contribution in [0.15, 0.2) is 42.6 Å². The van der Waals surface area contributed by atoms with Crippen molar-refractivity contribution in [3.8, 4) is 17.5 Å². The maximum absolute atomic E-state index is 9.26. The third kappa shape index (κ3) is 2.43. The predicted molar refractivity (Wildman–Crippen MR) is 85.6 cm³/mol. The highest BCUT2D eigenvalue weighted by Gasteiger charge is 2.20. The Morgan fingerprint density at radius 1 is 1.19 bits per heavy atom. The molecule has 0 unspecified atom stereocenters. The molecule has 1 N–H and O–H groups in total. The van der Waals surface area contributed by atoms with Gasteiger partial charge in [0.2, 0.25) is 0 Å². The van der Waals surface area contributed by atoms with Crippen LogP contribution in [0.5, 0.6) is 0 Å². The van der Waals surface area contributed by atoms with Gasteiger partial charge in [-0.2, -0.15) is 5.26 Å². The molecule has 0 spiro atoms. The lowest BCUT2D eigenvalue weighted by Crippen LogP contribution is -2.13. The average Bonchev–Trinajstić information content (AvgIpc) is 2.90. The molecule has 3 nitrogen and oxygen atoms in total. The number of rotatable bonds is 2. The maximum Gasteiger partial charge on any atom is 0.113 e. The van der Waals surface area contributed by atoms with Gasteiger partial charge >= 0.3 is 0 Å². The highest BCUT2D eigenvalue weighted by atomic mass is 14.8. The van der Waals surface area contributed by atoms with Crippen LogP contribution in [0.4, 0.5) is 0 Å². The van der Waals surface area contributed by atoms with Gasteiger partial charge in [0.25, 0.3) is 0 Å². The number of hydrogen-bond acceptors (Lipinski definition) is 2. The lowest BCUT2D eigenvalue weighted by Gasteiger charge is -2.15. The van der Waals surface area contributed by atoms with E-state index >= 15 is 0 Å². The number of H-pyrrole nitrogens is 1. The van der Waals surface area contributed by atoms with Gasteiger partial charge in [0.1, 0.15) is 7.85 Å². The number of pyridine rings is 1. The highest BCUT2D eigenvalue weighted by molar-refractivity contribution is 6.33. The third-order valence-corrected chi connectivity index (χ3v) is 3.68. The van der Waals surface area contributed by atoms with Crippen LogP contribution < -0.4 is 5.46 Å². The van der Waals surface area contributed by atoms with Gasteiger partial charge in [0.15, 0.2) is 0 Å². The number of aromatic nitrogens is 2. The van der Waals surface area contributed by atoms with Crippen molar-refractivity contribution >= 4 is 24.2 Å². The van der Waals surface area contributed by atoms with Gasteiger partial charge in [0, 0.05) is 11.7 Å². The van der Waals surface area contributed by atoms with Crippen molar-refractivity contribution in [2.75, 3.05) is 0 Å². The Kier molecular flexibility index (Phi) is 3.06. The molecule has 0 bridgehead atoms. The fourth-order valence-corrected chi connectivity index (χ4v) is 2.32. The summed E-state index contributed by atoms with van der Waals surface area (Å²) in [5.41, 5.74) is 3.92. The summed E-state index contributed by atoms with van der Waals surface area (Å²) in [5.74, 6) is 0. The van der Waals surface area contributed by atoms with E-state index in [9.17, 15) is 5.26 Å². The van der Waals surface area contributed by atoms with Crippen molar-refractivity contribution < 1.29 is 0 Å². The molecule has 0 amide bonds. The van der Waals surface area contributed by atoms with Crippen molar-refractivity contribution in [1.82, 2.24) is 9.97 Å². The van der Waals surface area contributed by atoms with Gasteiger partial charge in [0.05, 0.1) is 22.9 Å². The van der Waals surface area contributed by atoms with Crippen LogP contribution in [0.3, 0.4) is 0 Å². The van der Waals surface area contributed by atoms with Crippen molar-refractivity contribution in [3.63, 3.8) is 0 Å². The van der Waals surface area contributed by atoms with E-state index in [0.717, 1.165) is 33.3 Å². The fourth-order valence-electron chi connectivity index (χ4n) is 2.32. The number of benzene rings is 1. The van der Waals surface area contributed by atoms with Crippen LogP contribution >= 0.6 is 0 Å². The van der Waals surface area contributed by atoms with E-state index in [0.29, 0.717) is 0 Å². The van der Waals surface area contributed by atoms with Gasteiger partial charge in [-0.1, -0.05) is 17.6 Å². The summed E-state index contributed by atoms with van der Waals surface area (Å²) in [5, 5.41) is 10.3. The van der Waals surface area contributed by atoms with E-state index in [1.807, 2.05) is 50.2 Å². The molecule has 3 rings (SSSR count). The van der Waals surface area contributed by atoms with E-state index < -0.39 is 5.41 Å². The largest absolute Gasteiger partial charge is 0.353 e. The minimum Gasteiger partial charge on any atom is -0.353 e. The van der Waals surface area contributed by atoms with E-state index in [1.165, 1.54) is 0 Å². The molecule has 0 aliphatic heterocycles. The molecule has 3 aromatic rings. The van der Waals surface area contributed by atoms with Gasteiger partial charge < -0.3 is 4.98 Å². The van der Waals surface area contributed by atoms with Crippen LogP contribution in [-0.4, -0.2) is 17.8 Å². The summed E-state index contributed by atoms with van der Waals surface area (Å²) in [7, 11) is 5.81. The Balaban J connectivity index is 2.11. The van der Waals surface area contributed by atoms with Gasteiger partial charge in [-0.15, -0.1) is 0 Å². The Labute approximate surface area is 125 Å². The topological polar surface area (TPSA) is 52.5 Å². The first-order valence-corrected chi connectivity index (χ1v) is 6.76. The van der Waals surface area contributed by atoms with Crippen LogP contribution in [0.1, 0.15) is 19.4 Å². The number of nitriles is 1. The first-order chi connectivity index (χ1) is 9.99. The lowest BCUT2D eigenvalue weighted by atomic mass is 9.86.